The Labute approximate surface area is 53.5 Å². The molecule has 0 saturated heterocycles. The van der Waals surface area contributed by atoms with Crippen LogP contribution in [0.1, 0.15) is 12.8 Å². The van der Waals surface area contributed by atoms with E-state index >= 15 is 0 Å². The maximum atomic E-state index is 10.4. The summed E-state index contributed by atoms with van der Waals surface area (Å²) in [5.41, 5.74) is 5.64. The van der Waals surface area contributed by atoms with E-state index in [0.717, 1.165) is 18.6 Å². The number of allylic oxidation sites excluding steroid dienone is 1. The van der Waals surface area contributed by atoms with E-state index in [9.17, 15) is 4.79 Å². The molecule has 1 aliphatic carbocycles. The van der Waals surface area contributed by atoms with Crippen molar-refractivity contribution >= 4 is 5.91 Å². The van der Waals surface area contributed by atoms with Gasteiger partial charge in [0.25, 0.3) is 0 Å². The molecule has 3 nitrogen and oxygen atoms in total. The number of nitrogens with two attached hydrogens (primary N) is 1. The molecule has 0 saturated carbocycles. The van der Waals surface area contributed by atoms with Crippen LogP contribution in [0.5, 0.6) is 0 Å². The summed E-state index contributed by atoms with van der Waals surface area (Å²) in [5, 5.41) is 0. The zero-order valence-corrected chi connectivity index (χ0v) is 5.31. The van der Waals surface area contributed by atoms with Crippen LogP contribution in [-0.4, -0.2) is 13.0 Å². The predicted molar refractivity (Wildman–Crippen MR) is 32.5 cm³/mol. The van der Waals surface area contributed by atoms with E-state index in [1.54, 1.807) is 7.11 Å². The second kappa shape index (κ2) is 2.09. The van der Waals surface area contributed by atoms with Crippen LogP contribution in [-0.2, 0) is 9.53 Å². The van der Waals surface area contributed by atoms with Crippen LogP contribution in [0.3, 0.4) is 0 Å². The molecule has 0 aromatic rings. The molecular weight excluding hydrogens is 118 g/mol. The van der Waals surface area contributed by atoms with Crippen molar-refractivity contribution < 1.29 is 9.53 Å². The zero-order chi connectivity index (χ0) is 6.85. The van der Waals surface area contributed by atoms with Crippen LogP contribution in [0.2, 0.25) is 0 Å². The van der Waals surface area contributed by atoms with Crippen molar-refractivity contribution in [1.29, 1.82) is 0 Å². The van der Waals surface area contributed by atoms with Crippen molar-refractivity contribution in [2.45, 2.75) is 12.8 Å². The van der Waals surface area contributed by atoms with E-state index in [1.165, 1.54) is 0 Å². The average Bonchev–Trinajstić information content (AvgIpc) is 1.61. The number of hydrogen-bond donors (Lipinski definition) is 1. The summed E-state index contributed by atoms with van der Waals surface area (Å²) in [6.45, 7) is 0. The van der Waals surface area contributed by atoms with Gasteiger partial charge in [0, 0.05) is 6.42 Å². The van der Waals surface area contributed by atoms with Crippen molar-refractivity contribution in [3.05, 3.63) is 11.3 Å². The van der Waals surface area contributed by atoms with Gasteiger partial charge in [-0.15, -0.1) is 0 Å². The molecule has 1 aliphatic rings. The molecule has 0 aliphatic heterocycles. The molecule has 1 amide bonds. The average molecular weight is 127 g/mol. The topological polar surface area (TPSA) is 52.3 Å². The first-order chi connectivity index (χ1) is 4.25. The highest BCUT2D eigenvalue weighted by molar-refractivity contribution is 5.93. The number of amides is 1. The Morgan fingerprint density at radius 1 is 1.67 bits per heavy atom. The Balaban J connectivity index is 2.70. The molecule has 0 unspecified atom stereocenters. The first kappa shape index (κ1) is 6.13. The summed E-state index contributed by atoms with van der Waals surface area (Å²) in [5.74, 6) is 0.403. The summed E-state index contributed by atoms with van der Waals surface area (Å²) < 4.78 is 4.84. The number of carbonyl (C=O) groups excluding carboxylic acids is 1. The van der Waals surface area contributed by atoms with Crippen LogP contribution in [0, 0.1) is 0 Å². The van der Waals surface area contributed by atoms with Gasteiger partial charge in [0.05, 0.1) is 12.7 Å². The Morgan fingerprint density at radius 2 is 2.33 bits per heavy atom. The minimum atomic E-state index is -0.349. The van der Waals surface area contributed by atoms with Gasteiger partial charge in [-0.3, -0.25) is 4.79 Å². The predicted octanol–water partition coefficient (Wildman–Crippen LogP) is 0.166. The smallest absolute Gasteiger partial charge is 0.248 e. The van der Waals surface area contributed by atoms with Gasteiger partial charge in [-0.25, -0.2) is 0 Å². The molecule has 50 valence electrons. The molecule has 0 aromatic heterocycles. The monoisotopic (exact) mass is 127 g/mol. The summed E-state index contributed by atoms with van der Waals surface area (Å²) in [7, 11) is 1.55. The quantitative estimate of drug-likeness (QED) is 0.574. The fourth-order valence-corrected chi connectivity index (χ4v) is 0.838. The third kappa shape index (κ3) is 0.896. The molecule has 0 radical (unpaired) electrons. The fourth-order valence-electron chi connectivity index (χ4n) is 0.838. The van der Waals surface area contributed by atoms with Crippen molar-refractivity contribution in [2.75, 3.05) is 7.11 Å². The number of carbonyl (C=O) groups is 1. The van der Waals surface area contributed by atoms with Gasteiger partial charge < -0.3 is 10.5 Å². The number of rotatable bonds is 2. The molecule has 0 heterocycles. The van der Waals surface area contributed by atoms with E-state index < -0.39 is 0 Å². The Hall–Kier alpha value is -0.990. The largest absolute Gasteiger partial charge is 0.501 e. The van der Waals surface area contributed by atoms with Gasteiger partial charge in [0.1, 0.15) is 5.76 Å². The van der Waals surface area contributed by atoms with E-state index in [4.69, 9.17) is 10.5 Å². The molecule has 9 heavy (non-hydrogen) atoms. The first-order valence-corrected chi connectivity index (χ1v) is 2.81. The van der Waals surface area contributed by atoms with Gasteiger partial charge in [-0.05, 0) is 6.42 Å². The maximum absolute atomic E-state index is 10.4. The number of methoxy groups -OCH3 is 1. The summed E-state index contributed by atoms with van der Waals surface area (Å²) in [6.07, 6.45) is 1.63. The van der Waals surface area contributed by atoms with E-state index in [1.807, 2.05) is 0 Å². The summed E-state index contributed by atoms with van der Waals surface area (Å²) in [6, 6.07) is 0. The minimum absolute atomic E-state index is 0.349. The standard InChI is InChI=1S/C6H9NO2/c1-9-5-3-2-4(5)6(7)8/h2-3H2,1H3,(H2,7,8). The SMILES string of the molecule is COC1=C(C(N)=O)CC1. The van der Waals surface area contributed by atoms with Crippen LogP contribution >= 0.6 is 0 Å². The molecule has 0 fully saturated rings. The lowest BCUT2D eigenvalue weighted by atomic mass is 9.96. The highest BCUT2D eigenvalue weighted by Crippen LogP contribution is 2.27. The summed E-state index contributed by atoms with van der Waals surface area (Å²) >= 11 is 0. The minimum Gasteiger partial charge on any atom is -0.501 e. The third-order valence-corrected chi connectivity index (χ3v) is 1.48. The molecular formula is C6H9NO2. The second-order valence-electron chi connectivity index (χ2n) is 1.97. The van der Waals surface area contributed by atoms with Crippen molar-refractivity contribution in [1.82, 2.24) is 0 Å². The van der Waals surface area contributed by atoms with Gasteiger partial charge >= 0.3 is 0 Å². The van der Waals surface area contributed by atoms with Crippen molar-refractivity contribution in [3.63, 3.8) is 0 Å². The molecule has 3 heteroatoms. The lowest BCUT2D eigenvalue weighted by Gasteiger charge is -2.18. The fraction of sp³-hybridized carbons (Fsp3) is 0.500. The second-order valence-corrected chi connectivity index (χ2v) is 1.97. The van der Waals surface area contributed by atoms with Crippen LogP contribution in [0.15, 0.2) is 11.3 Å². The molecule has 1 rings (SSSR count). The first-order valence-electron chi connectivity index (χ1n) is 2.81. The van der Waals surface area contributed by atoms with E-state index in [2.05, 4.69) is 0 Å². The zero-order valence-electron chi connectivity index (χ0n) is 5.31. The van der Waals surface area contributed by atoms with Crippen molar-refractivity contribution in [2.24, 2.45) is 5.73 Å². The number of hydrogen-bond acceptors (Lipinski definition) is 2. The van der Waals surface area contributed by atoms with Gasteiger partial charge in [-0.1, -0.05) is 0 Å². The Morgan fingerprint density at radius 3 is 2.44 bits per heavy atom. The number of ether oxygens (including phenoxy) is 1. The highest BCUT2D eigenvalue weighted by atomic mass is 16.5. The van der Waals surface area contributed by atoms with Crippen LogP contribution in [0.4, 0.5) is 0 Å². The molecule has 0 bridgehead atoms. The van der Waals surface area contributed by atoms with Gasteiger partial charge in [0.15, 0.2) is 0 Å². The van der Waals surface area contributed by atoms with E-state index in [-0.39, 0.29) is 5.91 Å². The summed E-state index contributed by atoms with van der Waals surface area (Å²) in [4.78, 5) is 10.4. The van der Waals surface area contributed by atoms with Crippen molar-refractivity contribution in [3.8, 4) is 0 Å². The van der Waals surface area contributed by atoms with Crippen LogP contribution < -0.4 is 5.73 Å². The normalized spacial score (nSPS) is 17.0. The molecule has 0 aromatic carbocycles. The highest BCUT2D eigenvalue weighted by Gasteiger charge is 2.21. The Bertz CT molecular complexity index is 172. The lowest BCUT2D eigenvalue weighted by molar-refractivity contribution is -0.115. The van der Waals surface area contributed by atoms with Crippen LogP contribution in [0.25, 0.3) is 0 Å². The van der Waals surface area contributed by atoms with E-state index in [0.29, 0.717) is 5.57 Å². The Kier molecular flexibility index (Phi) is 1.42. The molecule has 0 spiro atoms. The maximum Gasteiger partial charge on any atom is 0.248 e. The molecule has 0 atom stereocenters. The van der Waals surface area contributed by atoms with Gasteiger partial charge in [0.2, 0.25) is 5.91 Å². The lowest BCUT2D eigenvalue weighted by Crippen LogP contribution is -2.21. The van der Waals surface area contributed by atoms with Gasteiger partial charge in [-0.2, -0.15) is 0 Å². The number of primary amides is 1. The third-order valence-electron chi connectivity index (χ3n) is 1.48. The molecule has 2 N–H and O–H groups in total.